The Morgan fingerprint density at radius 2 is 1.38 bits per heavy atom. The van der Waals surface area contributed by atoms with Crippen LogP contribution in [0.2, 0.25) is 0 Å². The second kappa shape index (κ2) is 6.90. The van der Waals surface area contributed by atoms with Crippen LogP contribution in [0.3, 0.4) is 0 Å². The minimum atomic E-state index is 0.425. The van der Waals surface area contributed by atoms with Crippen molar-refractivity contribution in [2.45, 2.75) is 59.4 Å². The lowest BCUT2D eigenvalue weighted by atomic mass is 9.89. The molecule has 0 amide bonds. The third-order valence-corrected chi connectivity index (χ3v) is 3.32. The molecule has 0 N–H and O–H groups in total. The van der Waals surface area contributed by atoms with Crippen LogP contribution in [-0.2, 0) is 0 Å². The first-order valence-corrected chi connectivity index (χ1v) is 6.75. The highest BCUT2D eigenvalue weighted by Gasteiger charge is 2.45. The molecule has 0 aromatic heterocycles. The van der Waals surface area contributed by atoms with Gasteiger partial charge < -0.3 is 0 Å². The molecule has 0 aromatic carbocycles. The maximum atomic E-state index is 4.08. The zero-order valence-electron chi connectivity index (χ0n) is 11.9. The molecule has 0 aliphatic carbocycles. The van der Waals surface area contributed by atoms with Crippen LogP contribution in [0.25, 0.3) is 0 Å². The first kappa shape index (κ1) is 15.4. The molecule has 0 unspecified atom stereocenters. The molecule has 0 spiro atoms. The summed E-state index contributed by atoms with van der Waals surface area (Å²) in [7, 11) is 0. The van der Waals surface area contributed by atoms with Crippen LogP contribution >= 0.6 is 0 Å². The molecule has 0 saturated carbocycles. The molecule has 2 rings (SSSR count). The Kier molecular flexibility index (Phi) is 6.66. The van der Waals surface area contributed by atoms with Gasteiger partial charge in [-0.3, -0.25) is 4.90 Å². The van der Waals surface area contributed by atoms with Gasteiger partial charge in [-0.15, -0.1) is 0 Å². The van der Waals surface area contributed by atoms with Gasteiger partial charge in [0.05, 0.1) is 0 Å². The van der Waals surface area contributed by atoms with E-state index in [1.54, 1.807) is 0 Å². The van der Waals surface area contributed by atoms with Crippen LogP contribution in [0.5, 0.6) is 0 Å². The highest BCUT2D eigenvalue weighted by molar-refractivity contribution is 5.25. The van der Waals surface area contributed by atoms with Crippen LogP contribution < -0.4 is 0 Å². The molecule has 1 heteroatoms. The Morgan fingerprint density at radius 1 is 1.00 bits per heavy atom. The smallest absolute Gasteiger partial charge is 0.0288 e. The molecule has 2 fully saturated rings. The van der Waals surface area contributed by atoms with E-state index in [1.165, 1.54) is 30.4 Å². The van der Waals surface area contributed by atoms with E-state index in [2.05, 4.69) is 25.0 Å². The van der Waals surface area contributed by atoms with Gasteiger partial charge in [-0.1, -0.05) is 58.9 Å². The molecule has 2 heterocycles. The maximum Gasteiger partial charge on any atom is 0.0288 e. The van der Waals surface area contributed by atoms with Crippen molar-refractivity contribution >= 4 is 0 Å². The summed E-state index contributed by atoms with van der Waals surface area (Å²) >= 11 is 0. The number of hydrogen-bond donors (Lipinski definition) is 0. The number of nitrogens with zero attached hydrogens (tertiary/aromatic N) is 1. The van der Waals surface area contributed by atoms with Crippen molar-refractivity contribution in [3.05, 3.63) is 24.3 Å². The van der Waals surface area contributed by atoms with Crippen LogP contribution in [0.15, 0.2) is 24.3 Å². The van der Waals surface area contributed by atoms with Crippen molar-refractivity contribution in [2.75, 3.05) is 13.1 Å². The lowest BCUT2D eigenvalue weighted by Gasteiger charge is -2.29. The van der Waals surface area contributed by atoms with Gasteiger partial charge in [-0.05, 0) is 19.3 Å². The highest BCUT2D eigenvalue weighted by atomic mass is 15.2. The fourth-order valence-electron chi connectivity index (χ4n) is 2.73. The summed E-state index contributed by atoms with van der Waals surface area (Å²) in [5, 5.41) is 0. The summed E-state index contributed by atoms with van der Waals surface area (Å²) < 4.78 is 0. The predicted octanol–water partition coefficient (Wildman–Crippen LogP) is 4.41. The standard InChI is InChI=1S/C11H17N.2C2H6/c1-4-11-5-9(2)7-12(11)8-10(3)6-11;2*1-2/h2-8H2,1H3;2*1-2H3. The average Bonchev–Trinajstić information content (AvgIpc) is 2.75. The Labute approximate surface area is 102 Å². The highest BCUT2D eigenvalue weighted by Crippen LogP contribution is 2.44. The minimum Gasteiger partial charge on any atom is -0.289 e. The summed E-state index contributed by atoms with van der Waals surface area (Å²) in [6, 6.07) is 0. The van der Waals surface area contributed by atoms with E-state index in [0.717, 1.165) is 13.1 Å². The van der Waals surface area contributed by atoms with Crippen LogP contribution in [0.1, 0.15) is 53.9 Å². The number of hydrogen-bond acceptors (Lipinski definition) is 1. The molecular formula is C15H29N. The third-order valence-electron chi connectivity index (χ3n) is 3.32. The monoisotopic (exact) mass is 223 g/mol. The van der Waals surface area contributed by atoms with Gasteiger partial charge in [0, 0.05) is 18.6 Å². The molecule has 94 valence electrons. The molecule has 2 aliphatic heterocycles. The summed E-state index contributed by atoms with van der Waals surface area (Å²) in [5.74, 6) is 0. The zero-order valence-corrected chi connectivity index (χ0v) is 11.9. The Morgan fingerprint density at radius 3 is 1.62 bits per heavy atom. The molecule has 0 bridgehead atoms. The first-order valence-electron chi connectivity index (χ1n) is 6.75. The van der Waals surface area contributed by atoms with Crippen molar-refractivity contribution in [3.8, 4) is 0 Å². The third kappa shape index (κ3) is 2.98. The molecule has 0 aromatic rings. The fraction of sp³-hybridized carbons (Fsp3) is 0.733. The van der Waals surface area contributed by atoms with E-state index >= 15 is 0 Å². The predicted molar refractivity (Wildman–Crippen MR) is 74.8 cm³/mol. The summed E-state index contributed by atoms with van der Waals surface area (Å²) in [6.45, 7) is 20.7. The van der Waals surface area contributed by atoms with Crippen LogP contribution in [-0.4, -0.2) is 23.5 Å². The van der Waals surface area contributed by atoms with Crippen molar-refractivity contribution in [1.29, 1.82) is 0 Å². The van der Waals surface area contributed by atoms with E-state index in [1.807, 2.05) is 27.7 Å². The Hall–Kier alpha value is -0.560. The van der Waals surface area contributed by atoms with Crippen LogP contribution in [0, 0.1) is 0 Å². The zero-order chi connectivity index (χ0) is 12.8. The maximum absolute atomic E-state index is 4.08. The lowest BCUT2D eigenvalue weighted by Crippen LogP contribution is -2.37. The van der Waals surface area contributed by atoms with E-state index in [-0.39, 0.29) is 0 Å². The lowest BCUT2D eigenvalue weighted by molar-refractivity contribution is 0.189. The molecule has 0 atom stereocenters. The van der Waals surface area contributed by atoms with Gasteiger partial charge in [0.1, 0.15) is 0 Å². The topological polar surface area (TPSA) is 3.24 Å². The first-order chi connectivity index (χ1) is 7.66. The summed E-state index contributed by atoms with van der Waals surface area (Å²) in [5.41, 5.74) is 3.24. The quantitative estimate of drug-likeness (QED) is 0.595. The van der Waals surface area contributed by atoms with Gasteiger partial charge >= 0.3 is 0 Å². The van der Waals surface area contributed by atoms with E-state index in [9.17, 15) is 0 Å². The van der Waals surface area contributed by atoms with E-state index in [0.29, 0.717) is 5.54 Å². The van der Waals surface area contributed by atoms with E-state index < -0.39 is 0 Å². The van der Waals surface area contributed by atoms with Crippen molar-refractivity contribution < 1.29 is 0 Å². The summed E-state index contributed by atoms with van der Waals surface area (Å²) in [4.78, 5) is 2.55. The second-order valence-corrected chi connectivity index (χ2v) is 4.29. The fourth-order valence-corrected chi connectivity index (χ4v) is 2.73. The average molecular weight is 223 g/mol. The normalized spacial score (nSPS) is 21.8. The molecule has 2 saturated heterocycles. The molecule has 2 aliphatic rings. The minimum absolute atomic E-state index is 0.425. The van der Waals surface area contributed by atoms with Gasteiger partial charge in [-0.2, -0.15) is 0 Å². The number of rotatable bonds is 1. The molecule has 16 heavy (non-hydrogen) atoms. The SMILES string of the molecule is C=C1CN2CC(=C)CC2(CC)C1.CC.CC. The largest absolute Gasteiger partial charge is 0.289 e. The van der Waals surface area contributed by atoms with Gasteiger partial charge in [-0.25, -0.2) is 0 Å². The summed E-state index contributed by atoms with van der Waals surface area (Å²) in [6.07, 6.45) is 3.64. The Balaban J connectivity index is 0.000000509. The molecular weight excluding hydrogens is 194 g/mol. The second-order valence-electron chi connectivity index (χ2n) is 4.29. The molecule has 0 radical (unpaired) electrons. The van der Waals surface area contributed by atoms with Gasteiger partial charge in [0.15, 0.2) is 0 Å². The van der Waals surface area contributed by atoms with E-state index in [4.69, 9.17) is 0 Å². The van der Waals surface area contributed by atoms with Crippen LogP contribution in [0.4, 0.5) is 0 Å². The Bertz CT molecular complexity index is 220. The van der Waals surface area contributed by atoms with Gasteiger partial charge in [0.25, 0.3) is 0 Å². The van der Waals surface area contributed by atoms with Gasteiger partial charge in [0.2, 0.25) is 0 Å². The van der Waals surface area contributed by atoms with Crippen molar-refractivity contribution in [1.82, 2.24) is 4.90 Å². The van der Waals surface area contributed by atoms with Crippen molar-refractivity contribution in [3.63, 3.8) is 0 Å². The number of fused-ring (bicyclic) bond motifs is 1. The van der Waals surface area contributed by atoms with Crippen molar-refractivity contribution in [2.24, 2.45) is 0 Å². The molecule has 1 nitrogen and oxygen atoms in total.